The van der Waals surface area contributed by atoms with Gasteiger partial charge in [0.1, 0.15) is 11.2 Å². The number of hydrogen-bond donors (Lipinski definition) is 1. The van der Waals surface area contributed by atoms with Crippen LogP contribution in [0.4, 0.5) is 11.5 Å². The molecule has 0 saturated carbocycles. The number of rotatable bonds is 3. The fourth-order valence-electron chi connectivity index (χ4n) is 4.48. The minimum absolute atomic E-state index is 0.0907. The summed E-state index contributed by atoms with van der Waals surface area (Å²) in [6.07, 6.45) is 3.50. The molecule has 0 aliphatic carbocycles. The van der Waals surface area contributed by atoms with Gasteiger partial charge in [-0.3, -0.25) is 4.79 Å². The number of nitrogens with zero attached hydrogens (tertiary/aromatic N) is 5. The molecule has 1 N–H and O–H groups in total. The zero-order valence-electron chi connectivity index (χ0n) is 16.8. The van der Waals surface area contributed by atoms with Crippen molar-refractivity contribution in [3.63, 3.8) is 0 Å². The standard InChI is InChI=1S/C22H25N5O2/c1-25-7-6-16-9-15(3-4-19(16)25)17-10-18-20(22(29)26(2)13-23-18)21(24-17)27-8-5-14(11-27)12-28/h3-4,9-10,13-14,28H,5-8,11-12H2,1-2H3/t14-/m0/s1. The third kappa shape index (κ3) is 2.97. The van der Waals surface area contributed by atoms with Gasteiger partial charge in [0.25, 0.3) is 5.56 Å². The zero-order chi connectivity index (χ0) is 20.1. The summed E-state index contributed by atoms with van der Waals surface area (Å²) in [5.74, 6) is 0.895. The minimum atomic E-state index is -0.0907. The van der Waals surface area contributed by atoms with Crippen molar-refractivity contribution in [2.75, 3.05) is 43.1 Å². The summed E-state index contributed by atoms with van der Waals surface area (Å²) in [6.45, 7) is 2.67. The Kier molecular flexibility index (Phi) is 4.28. The van der Waals surface area contributed by atoms with Crippen molar-refractivity contribution in [3.05, 3.63) is 46.5 Å². The van der Waals surface area contributed by atoms with E-state index in [1.807, 2.05) is 6.07 Å². The summed E-state index contributed by atoms with van der Waals surface area (Å²) < 4.78 is 1.50. The number of aliphatic hydroxyl groups excluding tert-OH is 1. The van der Waals surface area contributed by atoms with E-state index >= 15 is 0 Å². The molecule has 0 spiro atoms. The van der Waals surface area contributed by atoms with Crippen molar-refractivity contribution in [3.8, 4) is 11.3 Å². The first-order valence-electron chi connectivity index (χ1n) is 10.1. The third-order valence-electron chi connectivity index (χ3n) is 6.23. The van der Waals surface area contributed by atoms with Crippen LogP contribution in [0.2, 0.25) is 0 Å². The first-order chi connectivity index (χ1) is 14.0. The van der Waals surface area contributed by atoms with Crippen LogP contribution in [0.1, 0.15) is 12.0 Å². The summed E-state index contributed by atoms with van der Waals surface area (Å²) in [5, 5.41) is 10.1. The van der Waals surface area contributed by atoms with E-state index in [4.69, 9.17) is 4.98 Å². The van der Waals surface area contributed by atoms with Crippen LogP contribution >= 0.6 is 0 Å². The molecule has 0 unspecified atom stereocenters. The molecule has 2 aliphatic heterocycles. The number of aromatic nitrogens is 3. The molecule has 1 fully saturated rings. The Bertz CT molecular complexity index is 1160. The fraction of sp³-hybridized carbons (Fsp3) is 0.409. The maximum absolute atomic E-state index is 12.9. The van der Waals surface area contributed by atoms with Gasteiger partial charge in [-0.05, 0) is 36.6 Å². The third-order valence-corrected chi connectivity index (χ3v) is 6.23. The van der Waals surface area contributed by atoms with E-state index in [1.165, 1.54) is 15.8 Å². The van der Waals surface area contributed by atoms with E-state index in [-0.39, 0.29) is 18.1 Å². The van der Waals surface area contributed by atoms with Crippen LogP contribution < -0.4 is 15.4 Å². The molecule has 7 nitrogen and oxygen atoms in total. The van der Waals surface area contributed by atoms with Gasteiger partial charge in [-0.1, -0.05) is 6.07 Å². The molecule has 29 heavy (non-hydrogen) atoms. The topological polar surface area (TPSA) is 74.5 Å². The van der Waals surface area contributed by atoms with Gasteiger partial charge in [-0.25, -0.2) is 9.97 Å². The molecular weight excluding hydrogens is 366 g/mol. The molecular formula is C22H25N5O2. The SMILES string of the molecule is CN1CCc2cc(-c3cc4ncn(C)c(=O)c4c(N4CC[C@H](CO)C4)n3)ccc21. The van der Waals surface area contributed by atoms with Gasteiger partial charge >= 0.3 is 0 Å². The van der Waals surface area contributed by atoms with Gasteiger partial charge < -0.3 is 19.5 Å². The lowest BCUT2D eigenvalue weighted by Crippen LogP contribution is -2.26. The Morgan fingerprint density at radius 2 is 2.07 bits per heavy atom. The normalized spacial score (nSPS) is 18.7. The Morgan fingerprint density at radius 1 is 1.21 bits per heavy atom. The molecule has 1 saturated heterocycles. The van der Waals surface area contributed by atoms with Crippen LogP contribution in [0.3, 0.4) is 0 Å². The maximum Gasteiger partial charge on any atom is 0.264 e. The number of aliphatic hydroxyl groups is 1. The highest BCUT2D eigenvalue weighted by Crippen LogP contribution is 2.34. The first-order valence-corrected chi connectivity index (χ1v) is 10.1. The maximum atomic E-state index is 12.9. The number of pyridine rings is 1. The average molecular weight is 391 g/mol. The van der Waals surface area contributed by atoms with Crippen molar-refractivity contribution < 1.29 is 5.11 Å². The number of fused-ring (bicyclic) bond motifs is 2. The van der Waals surface area contributed by atoms with E-state index in [0.29, 0.717) is 23.3 Å². The van der Waals surface area contributed by atoms with Crippen LogP contribution in [-0.4, -0.2) is 52.9 Å². The number of likely N-dealkylation sites (N-methyl/N-ethyl adjacent to an activating group) is 1. The van der Waals surface area contributed by atoms with Crippen LogP contribution in [0.15, 0.2) is 35.4 Å². The van der Waals surface area contributed by atoms with Crippen LogP contribution in [0.25, 0.3) is 22.2 Å². The van der Waals surface area contributed by atoms with Crippen molar-refractivity contribution >= 4 is 22.4 Å². The average Bonchev–Trinajstić information content (AvgIpc) is 3.36. The largest absolute Gasteiger partial charge is 0.396 e. The summed E-state index contributed by atoms with van der Waals surface area (Å²) in [7, 11) is 3.83. The lowest BCUT2D eigenvalue weighted by Gasteiger charge is -2.20. The van der Waals surface area contributed by atoms with Crippen molar-refractivity contribution in [1.82, 2.24) is 14.5 Å². The fourth-order valence-corrected chi connectivity index (χ4v) is 4.48. The second-order valence-corrected chi connectivity index (χ2v) is 8.18. The van der Waals surface area contributed by atoms with Gasteiger partial charge in [0.2, 0.25) is 0 Å². The van der Waals surface area contributed by atoms with Crippen molar-refractivity contribution in [1.29, 1.82) is 0 Å². The first kappa shape index (κ1) is 18.1. The molecule has 0 amide bonds. The highest BCUT2D eigenvalue weighted by atomic mass is 16.3. The van der Waals surface area contributed by atoms with E-state index in [1.54, 1.807) is 13.4 Å². The summed E-state index contributed by atoms with van der Waals surface area (Å²) >= 11 is 0. The van der Waals surface area contributed by atoms with E-state index in [2.05, 4.69) is 40.0 Å². The number of aryl methyl sites for hydroxylation is 1. The van der Waals surface area contributed by atoms with Gasteiger partial charge in [0, 0.05) is 57.5 Å². The van der Waals surface area contributed by atoms with Gasteiger partial charge in [-0.15, -0.1) is 0 Å². The van der Waals surface area contributed by atoms with E-state index in [0.717, 1.165) is 37.2 Å². The summed E-state index contributed by atoms with van der Waals surface area (Å²) in [6, 6.07) is 8.37. The number of hydrogen-bond acceptors (Lipinski definition) is 6. The van der Waals surface area contributed by atoms with Crippen LogP contribution in [0, 0.1) is 5.92 Å². The zero-order valence-corrected chi connectivity index (χ0v) is 16.8. The van der Waals surface area contributed by atoms with Crippen LogP contribution in [-0.2, 0) is 13.5 Å². The lowest BCUT2D eigenvalue weighted by atomic mass is 10.0. The molecule has 0 radical (unpaired) electrons. The Morgan fingerprint density at radius 3 is 2.86 bits per heavy atom. The van der Waals surface area contributed by atoms with Crippen LogP contribution in [0.5, 0.6) is 0 Å². The summed E-state index contributed by atoms with van der Waals surface area (Å²) in [4.78, 5) is 26.8. The predicted molar refractivity (Wildman–Crippen MR) is 115 cm³/mol. The van der Waals surface area contributed by atoms with E-state index in [9.17, 15) is 9.90 Å². The highest BCUT2D eigenvalue weighted by molar-refractivity contribution is 5.92. The molecule has 4 heterocycles. The minimum Gasteiger partial charge on any atom is -0.396 e. The highest BCUT2D eigenvalue weighted by Gasteiger charge is 2.26. The van der Waals surface area contributed by atoms with Gasteiger partial charge in [0.05, 0.1) is 17.5 Å². The second-order valence-electron chi connectivity index (χ2n) is 8.18. The van der Waals surface area contributed by atoms with Crippen molar-refractivity contribution in [2.24, 2.45) is 13.0 Å². The molecule has 1 atom stereocenters. The molecule has 7 heteroatoms. The Balaban J connectivity index is 1.68. The predicted octanol–water partition coefficient (Wildman–Crippen LogP) is 1.81. The molecule has 2 aliphatic rings. The summed E-state index contributed by atoms with van der Waals surface area (Å²) in [5.41, 5.74) is 5.05. The number of benzene rings is 1. The smallest absolute Gasteiger partial charge is 0.264 e. The Labute approximate surface area is 169 Å². The van der Waals surface area contributed by atoms with Gasteiger partial charge in [-0.2, -0.15) is 0 Å². The molecule has 1 aromatic carbocycles. The molecule has 2 aromatic heterocycles. The Hall–Kier alpha value is -2.93. The molecule has 0 bridgehead atoms. The lowest BCUT2D eigenvalue weighted by molar-refractivity contribution is 0.238. The van der Waals surface area contributed by atoms with E-state index < -0.39 is 0 Å². The monoisotopic (exact) mass is 391 g/mol. The van der Waals surface area contributed by atoms with Crippen molar-refractivity contribution in [2.45, 2.75) is 12.8 Å². The number of anilines is 2. The molecule has 5 rings (SSSR count). The molecule has 150 valence electrons. The quantitative estimate of drug-likeness (QED) is 0.734. The van der Waals surface area contributed by atoms with Gasteiger partial charge in [0.15, 0.2) is 0 Å². The molecule has 3 aromatic rings. The second kappa shape index (κ2) is 6.84.